The number of methoxy groups -OCH3 is 1. The molecule has 1 amide bonds. The van der Waals surface area contributed by atoms with Crippen molar-refractivity contribution in [2.24, 2.45) is 0 Å². The zero-order valence-corrected chi connectivity index (χ0v) is 14.9. The van der Waals surface area contributed by atoms with Crippen molar-refractivity contribution in [2.75, 3.05) is 20.2 Å². The summed E-state index contributed by atoms with van der Waals surface area (Å²) in [6.07, 6.45) is 0.395. The van der Waals surface area contributed by atoms with E-state index in [4.69, 9.17) is 0 Å². The number of piperidine rings is 1. The van der Waals surface area contributed by atoms with Crippen LogP contribution in [-0.2, 0) is 14.8 Å². The average molecular weight is 398 g/mol. The van der Waals surface area contributed by atoms with E-state index in [0.717, 1.165) is 24.3 Å². The van der Waals surface area contributed by atoms with E-state index in [2.05, 4.69) is 9.46 Å². The first-order valence-electron chi connectivity index (χ1n) is 7.32. The molecule has 0 saturated carbocycles. The summed E-state index contributed by atoms with van der Waals surface area (Å²) in [7, 11) is -2.56. The molecule has 1 aromatic rings. The maximum atomic E-state index is 12.3. The van der Waals surface area contributed by atoms with E-state index in [9.17, 15) is 26.4 Å². The maximum absolute atomic E-state index is 12.3. The Morgan fingerprint density at radius 1 is 1.24 bits per heavy atom. The molecule has 1 saturated heterocycles. The molecule has 0 atom stereocenters. The average Bonchev–Trinajstić information content (AvgIpc) is 2.53. The number of halogens is 3. The molecule has 1 aliphatic rings. The van der Waals surface area contributed by atoms with E-state index in [1.54, 1.807) is 0 Å². The fourth-order valence-electron chi connectivity index (χ4n) is 2.42. The molecule has 2 rings (SSSR count). The smallest absolute Gasteiger partial charge is 0.446 e. The second-order valence-electron chi connectivity index (χ2n) is 5.37. The summed E-state index contributed by atoms with van der Waals surface area (Å²) in [5.74, 6) is 0. The van der Waals surface area contributed by atoms with Crippen molar-refractivity contribution in [2.45, 2.75) is 34.2 Å². The van der Waals surface area contributed by atoms with Crippen molar-refractivity contribution < 1.29 is 31.1 Å². The summed E-state index contributed by atoms with van der Waals surface area (Å²) in [5, 5.41) is 0. The minimum atomic E-state index is -4.42. The van der Waals surface area contributed by atoms with Crippen LogP contribution in [0.2, 0.25) is 0 Å². The second kappa shape index (κ2) is 7.83. The number of hydrogen-bond acceptors (Lipinski definition) is 5. The van der Waals surface area contributed by atoms with Gasteiger partial charge in [0, 0.05) is 24.0 Å². The number of benzene rings is 1. The monoisotopic (exact) mass is 398 g/mol. The molecule has 0 radical (unpaired) electrons. The van der Waals surface area contributed by atoms with E-state index >= 15 is 0 Å². The summed E-state index contributed by atoms with van der Waals surface area (Å²) < 4.78 is 68.7. The predicted octanol–water partition coefficient (Wildman–Crippen LogP) is 2.81. The van der Waals surface area contributed by atoms with E-state index in [1.165, 1.54) is 12.0 Å². The number of nitrogens with one attached hydrogen (secondary N) is 1. The highest BCUT2D eigenvalue weighted by molar-refractivity contribution is 8.00. The van der Waals surface area contributed by atoms with Crippen molar-refractivity contribution in [1.82, 2.24) is 9.62 Å². The van der Waals surface area contributed by atoms with Gasteiger partial charge in [-0.25, -0.2) is 17.9 Å². The van der Waals surface area contributed by atoms with Crippen molar-refractivity contribution in [1.29, 1.82) is 0 Å². The number of nitrogens with zero attached hydrogens (tertiary/aromatic N) is 1. The second-order valence-corrected chi connectivity index (χ2v) is 8.22. The number of thioether (sulfide) groups is 1. The number of sulfonamides is 1. The molecule has 0 aliphatic carbocycles. The van der Waals surface area contributed by atoms with E-state index in [0.29, 0.717) is 25.9 Å². The molecule has 140 valence electrons. The Morgan fingerprint density at radius 2 is 1.80 bits per heavy atom. The first-order chi connectivity index (χ1) is 11.6. The molecule has 6 nitrogen and oxygen atoms in total. The zero-order valence-electron chi connectivity index (χ0n) is 13.2. The standard InChI is InChI=1S/C14H17F3N2O4S2/c1-23-13(20)19-8-6-10(7-9-19)18-25(21,22)12-4-2-11(3-5-12)24-14(15,16)17/h2-5,10,18H,6-9H2,1H3. The lowest BCUT2D eigenvalue weighted by Gasteiger charge is -2.31. The third-order valence-corrected chi connectivity index (χ3v) is 5.89. The fraction of sp³-hybridized carbons (Fsp3) is 0.500. The maximum Gasteiger partial charge on any atom is 0.446 e. The normalized spacial score (nSPS) is 16.7. The SMILES string of the molecule is COC(=O)N1CCC(NS(=O)(=O)c2ccc(SC(F)(F)F)cc2)CC1. The molecule has 1 heterocycles. The Morgan fingerprint density at radius 3 is 2.28 bits per heavy atom. The molecule has 25 heavy (non-hydrogen) atoms. The lowest BCUT2D eigenvalue weighted by molar-refractivity contribution is -0.0328. The van der Waals surface area contributed by atoms with Crippen LogP contribution in [0.25, 0.3) is 0 Å². The Bertz CT molecular complexity index is 700. The molecule has 1 aromatic carbocycles. The van der Waals surface area contributed by atoms with Crippen LogP contribution in [0, 0.1) is 0 Å². The van der Waals surface area contributed by atoms with Gasteiger partial charge in [0.25, 0.3) is 0 Å². The van der Waals surface area contributed by atoms with Crippen LogP contribution in [0.15, 0.2) is 34.1 Å². The highest BCUT2D eigenvalue weighted by Crippen LogP contribution is 2.36. The molecule has 11 heteroatoms. The Labute approximate surface area is 147 Å². The first-order valence-corrected chi connectivity index (χ1v) is 9.62. The summed E-state index contributed by atoms with van der Waals surface area (Å²) in [6, 6.07) is 4.16. The molecule has 1 aliphatic heterocycles. The van der Waals surface area contributed by atoms with Gasteiger partial charge in [0.15, 0.2) is 0 Å². The third kappa shape index (κ3) is 5.79. The van der Waals surface area contributed by atoms with Crippen LogP contribution in [0.3, 0.4) is 0 Å². The van der Waals surface area contributed by atoms with E-state index in [1.807, 2.05) is 0 Å². The summed E-state index contributed by atoms with van der Waals surface area (Å²) in [5.41, 5.74) is -4.42. The number of rotatable bonds is 4. The highest BCUT2D eigenvalue weighted by Gasteiger charge is 2.30. The van der Waals surface area contributed by atoms with Gasteiger partial charge in [-0.2, -0.15) is 13.2 Å². The van der Waals surface area contributed by atoms with Gasteiger partial charge in [-0.05, 0) is 48.9 Å². The van der Waals surface area contributed by atoms with Crippen LogP contribution in [0.1, 0.15) is 12.8 Å². The van der Waals surface area contributed by atoms with Crippen molar-refractivity contribution in [3.05, 3.63) is 24.3 Å². The van der Waals surface area contributed by atoms with Crippen LogP contribution in [0.5, 0.6) is 0 Å². The van der Waals surface area contributed by atoms with Gasteiger partial charge < -0.3 is 9.64 Å². The Balaban J connectivity index is 1.97. The lowest BCUT2D eigenvalue weighted by atomic mass is 10.1. The predicted molar refractivity (Wildman–Crippen MR) is 85.7 cm³/mol. The van der Waals surface area contributed by atoms with E-state index in [-0.39, 0.29) is 27.6 Å². The lowest BCUT2D eigenvalue weighted by Crippen LogP contribution is -2.46. The summed E-state index contributed by atoms with van der Waals surface area (Å²) in [6.45, 7) is 0.724. The van der Waals surface area contributed by atoms with Gasteiger partial charge in [-0.3, -0.25) is 0 Å². The minimum Gasteiger partial charge on any atom is -0.453 e. The molecule has 0 unspecified atom stereocenters. The van der Waals surface area contributed by atoms with Crippen LogP contribution >= 0.6 is 11.8 Å². The van der Waals surface area contributed by atoms with Crippen molar-refractivity contribution in [3.8, 4) is 0 Å². The van der Waals surface area contributed by atoms with Gasteiger partial charge in [0.05, 0.1) is 12.0 Å². The molecular weight excluding hydrogens is 381 g/mol. The molecule has 1 N–H and O–H groups in total. The van der Waals surface area contributed by atoms with Crippen molar-refractivity contribution >= 4 is 27.9 Å². The number of carbonyl (C=O) groups is 1. The third-order valence-electron chi connectivity index (χ3n) is 3.62. The first kappa shape index (κ1) is 19.9. The fourth-order valence-corrected chi connectivity index (χ4v) is 4.26. The van der Waals surface area contributed by atoms with Crippen molar-refractivity contribution in [3.63, 3.8) is 0 Å². The van der Waals surface area contributed by atoms with Gasteiger partial charge in [0.2, 0.25) is 10.0 Å². The quantitative estimate of drug-likeness (QED) is 0.790. The molecule has 0 bridgehead atoms. The number of carbonyl (C=O) groups excluding carboxylic acids is 1. The van der Waals surface area contributed by atoms with Crippen LogP contribution in [-0.4, -0.2) is 51.2 Å². The van der Waals surface area contributed by atoms with Crippen LogP contribution in [0.4, 0.5) is 18.0 Å². The van der Waals surface area contributed by atoms with Gasteiger partial charge >= 0.3 is 11.6 Å². The molecule has 1 fully saturated rings. The van der Waals surface area contributed by atoms with Gasteiger partial charge in [-0.15, -0.1) is 0 Å². The minimum absolute atomic E-state index is 0.0853. The number of ether oxygens (including phenoxy) is 1. The summed E-state index contributed by atoms with van der Waals surface area (Å²) in [4.78, 5) is 12.7. The molecule has 0 aromatic heterocycles. The number of amides is 1. The highest BCUT2D eigenvalue weighted by atomic mass is 32.2. The number of alkyl halides is 3. The topological polar surface area (TPSA) is 75.7 Å². The van der Waals surface area contributed by atoms with Gasteiger partial charge in [-0.1, -0.05) is 0 Å². The zero-order chi connectivity index (χ0) is 18.7. The Kier molecular flexibility index (Phi) is 6.22. The largest absolute Gasteiger partial charge is 0.453 e. The van der Waals surface area contributed by atoms with E-state index < -0.39 is 21.6 Å². The molecule has 0 spiro atoms. The summed E-state index contributed by atoms with van der Waals surface area (Å²) >= 11 is -0.304. The Hall–Kier alpha value is -1.46. The number of hydrogen-bond donors (Lipinski definition) is 1. The number of likely N-dealkylation sites (tertiary alicyclic amines) is 1. The molecular formula is C14H17F3N2O4S2. The van der Waals surface area contributed by atoms with Gasteiger partial charge in [0.1, 0.15) is 0 Å². The van der Waals surface area contributed by atoms with Crippen LogP contribution < -0.4 is 4.72 Å².